The minimum Gasteiger partial charge on any atom is -0.444 e. The maximum Gasteiger partial charge on any atom is 0.410 e. The van der Waals surface area contributed by atoms with Gasteiger partial charge in [-0.2, -0.15) is 0 Å². The van der Waals surface area contributed by atoms with Crippen molar-refractivity contribution in [3.05, 3.63) is 11.3 Å². The second-order valence-electron chi connectivity index (χ2n) is 4.70. The Hall–Kier alpha value is -1.72. The molecule has 4 N–H and O–H groups in total. The highest BCUT2D eigenvalue weighted by molar-refractivity contribution is 5.94. The molecule has 90 valence electrons. The van der Waals surface area contributed by atoms with Crippen molar-refractivity contribution in [1.82, 2.24) is 4.90 Å². The van der Waals surface area contributed by atoms with Crippen molar-refractivity contribution in [2.24, 2.45) is 11.5 Å². The van der Waals surface area contributed by atoms with Crippen LogP contribution in [0.25, 0.3) is 0 Å². The molecule has 6 nitrogen and oxygen atoms in total. The van der Waals surface area contributed by atoms with Crippen LogP contribution in [0.15, 0.2) is 11.3 Å². The summed E-state index contributed by atoms with van der Waals surface area (Å²) in [4.78, 5) is 24.0. The van der Waals surface area contributed by atoms with Gasteiger partial charge < -0.3 is 16.2 Å². The summed E-state index contributed by atoms with van der Waals surface area (Å²) in [5.41, 5.74) is 10.8. The van der Waals surface area contributed by atoms with Crippen LogP contribution >= 0.6 is 0 Å². The lowest BCUT2D eigenvalue weighted by Crippen LogP contribution is -2.36. The third kappa shape index (κ3) is 2.88. The van der Waals surface area contributed by atoms with Gasteiger partial charge in [0, 0.05) is 5.70 Å². The number of nitrogens with zero attached hydrogens (tertiary/aromatic N) is 1. The minimum absolute atomic E-state index is 0.121. The van der Waals surface area contributed by atoms with Crippen LogP contribution in [-0.4, -0.2) is 35.6 Å². The van der Waals surface area contributed by atoms with E-state index in [1.54, 1.807) is 20.8 Å². The summed E-state index contributed by atoms with van der Waals surface area (Å²) >= 11 is 0. The molecule has 2 amide bonds. The fraction of sp³-hybridized carbons (Fsp3) is 0.600. The Morgan fingerprint density at radius 3 is 2.25 bits per heavy atom. The zero-order valence-corrected chi connectivity index (χ0v) is 9.74. The van der Waals surface area contributed by atoms with Gasteiger partial charge in [0.1, 0.15) is 5.60 Å². The molecule has 0 unspecified atom stereocenters. The largest absolute Gasteiger partial charge is 0.444 e. The Morgan fingerprint density at radius 2 is 1.88 bits per heavy atom. The van der Waals surface area contributed by atoms with E-state index in [0.29, 0.717) is 5.70 Å². The van der Waals surface area contributed by atoms with Crippen molar-refractivity contribution >= 4 is 12.0 Å². The third-order valence-corrected chi connectivity index (χ3v) is 2.05. The first-order valence-corrected chi connectivity index (χ1v) is 4.96. The summed E-state index contributed by atoms with van der Waals surface area (Å²) in [6, 6.07) is 0. The van der Waals surface area contributed by atoms with Crippen molar-refractivity contribution in [2.45, 2.75) is 26.4 Å². The van der Waals surface area contributed by atoms with Crippen molar-refractivity contribution in [2.75, 3.05) is 13.1 Å². The number of hydrogen-bond donors (Lipinski definition) is 2. The quantitative estimate of drug-likeness (QED) is 0.655. The zero-order valence-electron chi connectivity index (χ0n) is 9.74. The average molecular weight is 227 g/mol. The zero-order chi connectivity index (χ0) is 12.5. The fourth-order valence-electron chi connectivity index (χ4n) is 1.34. The molecule has 0 saturated heterocycles. The molecule has 0 aliphatic carbocycles. The summed E-state index contributed by atoms with van der Waals surface area (Å²) in [5.74, 6) is -0.594. The van der Waals surface area contributed by atoms with Gasteiger partial charge in [0.25, 0.3) is 0 Å². The molecule has 1 aliphatic rings. The number of carbonyl (C=O) groups excluding carboxylic acids is 2. The molecule has 0 spiro atoms. The predicted octanol–water partition coefficient (Wildman–Crippen LogP) is -0.0648. The van der Waals surface area contributed by atoms with E-state index in [1.807, 2.05) is 0 Å². The van der Waals surface area contributed by atoms with Gasteiger partial charge in [0.2, 0.25) is 5.91 Å². The molecular formula is C10H17N3O3. The van der Waals surface area contributed by atoms with Crippen LogP contribution in [0.1, 0.15) is 20.8 Å². The number of amides is 2. The highest BCUT2D eigenvalue weighted by Gasteiger charge is 2.30. The summed E-state index contributed by atoms with van der Waals surface area (Å²) in [7, 11) is 0. The first-order valence-electron chi connectivity index (χ1n) is 4.96. The van der Waals surface area contributed by atoms with Crippen molar-refractivity contribution in [1.29, 1.82) is 0 Å². The van der Waals surface area contributed by atoms with Crippen molar-refractivity contribution < 1.29 is 14.3 Å². The minimum atomic E-state index is -0.594. The van der Waals surface area contributed by atoms with E-state index in [9.17, 15) is 9.59 Å². The fourth-order valence-corrected chi connectivity index (χ4v) is 1.34. The normalized spacial score (nSPS) is 16.6. The molecule has 0 radical (unpaired) electrons. The number of rotatable bonds is 1. The molecule has 0 aromatic rings. The van der Waals surface area contributed by atoms with E-state index in [2.05, 4.69) is 0 Å². The van der Waals surface area contributed by atoms with E-state index in [0.717, 1.165) is 0 Å². The van der Waals surface area contributed by atoms with Gasteiger partial charge in [-0.3, -0.25) is 9.69 Å². The Balaban J connectivity index is 2.63. The molecule has 1 heterocycles. The van der Waals surface area contributed by atoms with Crippen LogP contribution in [0.4, 0.5) is 4.79 Å². The molecule has 0 atom stereocenters. The lowest BCUT2D eigenvalue weighted by Gasteiger charge is -2.24. The van der Waals surface area contributed by atoms with E-state index in [-0.39, 0.29) is 18.7 Å². The second-order valence-corrected chi connectivity index (χ2v) is 4.70. The Kier molecular flexibility index (Phi) is 3.11. The van der Waals surface area contributed by atoms with Gasteiger partial charge in [0.15, 0.2) is 0 Å². The van der Waals surface area contributed by atoms with Gasteiger partial charge in [-0.25, -0.2) is 4.79 Å². The van der Waals surface area contributed by atoms with Crippen LogP contribution < -0.4 is 11.5 Å². The molecule has 1 aliphatic heterocycles. The standard InChI is InChI=1S/C10H17N3O3/c1-10(2,3)16-9(15)13-4-6(8(12)14)7(11)5-13/h4-5,11H2,1-3H3,(H2,12,14). The summed E-state index contributed by atoms with van der Waals surface area (Å²) in [6.45, 7) is 5.62. The monoisotopic (exact) mass is 227 g/mol. The Morgan fingerprint density at radius 1 is 1.31 bits per heavy atom. The van der Waals surface area contributed by atoms with Crippen LogP contribution in [-0.2, 0) is 9.53 Å². The van der Waals surface area contributed by atoms with Gasteiger partial charge in [0.05, 0.1) is 18.7 Å². The Labute approximate surface area is 94.2 Å². The smallest absolute Gasteiger partial charge is 0.410 e. The van der Waals surface area contributed by atoms with Crippen LogP contribution in [0.3, 0.4) is 0 Å². The number of carbonyl (C=O) groups is 2. The number of ether oxygens (including phenoxy) is 1. The van der Waals surface area contributed by atoms with Crippen molar-refractivity contribution in [3.63, 3.8) is 0 Å². The molecule has 1 rings (SSSR count). The average Bonchev–Trinajstić information content (AvgIpc) is 2.44. The maximum atomic E-state index is 11.6. The molecule has 16 heavy (non-hydrogen) atoms. The SMILES string of the molecule is CC(C)(C)OC(=O)N1CC(N)=C(C(N)=O)C1. The highest BCUT2D eigenvalue weighted by atomic mass is 16.6. The van der Waals surface area contributed by atoms with E-state index in [1.165, 1.54) is 4.90 Å². The molecular weight excluding hydrogens is 210 g/mol. The van der Waals surface area contributed by atoms with Gasteiger partial charge in [-0.1, -0.05) is 0 Å². The molecule has 0 bridgehead atoms. The molecule has 0 saturated carbocycles. The molecule has 0 fully saturated rings. The van der Waals surface area contributed by atoms with Gasteiger partial charge in [-0.15, -0.1) is 0 Å². The van der Waals surface area contributed by atoms with Gasteiger partial charge >= 0.3 is 6.09 Å². The van der Waals surface area contributed by atoms with Crippen LogP contribution in [0.2, 0.25) is 0 Å². The van der Waals surface area contributed by atoms with E-state index >= 15 is 0 Å². The van der Waals surface area contributed by atoms with Crippen molar-refractivity contribution in [3.8, 4) is 0 Å². The van der Waals surface area contributed by atoms with Gasteiger partial charge in [-0.05, 0) is 20.8 Å². The number of nitrogens with two attached hydrogens (primary N) is 2. The summed E-state index contributed by atoms with van der Waals surface area (Å²) in [5, 5.41) is 0. The van der Waals surface area contributed by atoms with Crippen LogP contribution in [0, 0.1) is 0 Å². The lowest BCUT2D eigenvalue weighted by atomic mass is 10.2. The molecule has 0 aromatic carbocycles. The lowest BCUT2D eigenvalue weighted by molar-refractivity contribution is -0.114. The summed E-state index contributed by atoms with van der Waals surface area (Å²) in [6.07, 6.45) is -0.494. The van der Waals surface area contributed by atoms with E-state index in [4.69, 9.17) is 16.2 Å². The predicted molar refractivity (Wildman–Crippen MR) is 58.2 cm³/mol. The molecule has 6 heteroatoms. The molecule has 0 aromatic heterocycles. The number of primary amides is 1. The number of hydrogen-bond acceptors (Lipinski definition) is 4. The first-order chi connectivity index (χ1) is 7.20. The van der Waals surface area contributed by atoms with E-state index < -0.39 is 17.6 Å². The highest BCUT2D eigenvalue weighted by Crippen LogP contribution is 2.17. The first kappa shape index (κ1) is 12.4. The topological polar surface area (TPSA) is 98.7 Å². The maximum absolute atomic E-state index is 11.6. The Bertz CT molecular complexity index is 355. The second kappa shape index (κ2) is 4.03. The third-order valence-electron chi connectivity index (χ3n) is 2.05. The van der Waals surface area contributed by atoms with Crippen LogP contribution in [0.5, 0.6) is 0 Å². The summed E-state index contributed by atoms with van der Waals surface area (Å²) < 4.78 is 5.15.